The van der Waals surface area contributed by atoms with E-state index in [1.807, 2.05) is 30.3 Å². The number of thioether (sulfide) groups is 1. The summed E-state index contributed by atoms with van der Waals surface area (Å²) in [5.41, 5.74) is 2.91. The quantitative estimate of drug-likeness (QED) is 0.681. The Morgan fingerprint density at radius 2 is 1.91 bits per heavy atom. The summed E-state index contributed by atoms with van der Waals surface area (Å²) in [5.74, 6) is 0.0241. The van der Waals surface area contributed by atoms with E-state index in [9.17, 15) is 9.90 Å². The lowest BCUT2D eigenvalue weighted by Crippen LogP contribution is -2.22. The topological polar surface area (TPSA) is 40.5 Å². The van der Waals surface area contributed by atoms with Crippen molar-refractivity contribution in [3.05, 3.63) is 70.1 Å². The molecule has 0 aromatic heterocycles. The van der Waals surface area contributed by atoms with Crippen molar-refractivity contribution in [2.45, 2.75) is 6.42 Å². The van der Waals surface area contributed by atoms with Crippen LogP contribution in [-0.2, 0) is 11.2 Å². The van der Waals surface area contributed by atoms with Gasteiger partial charge in [0.25, 0.3) is 5.91 Å². The molecule has 0 unspecified atom stereocenters. The molecule has 2 aromatic rings. The molecule has 0 atom stereocenters. The summed E-state index contributed by atoms with van der Waals surface area (Å²) in [6.07, 6.45) is 2.48. The Hall–Kier alpha value is -2.11. The molecule has 0 saturated carbocycles. The van der Waals surface area contributed by atoms with Crippen molar-refractivity contribution in [1.29, 1.82) is 0 Å². The van der Waals surface area contributed by atoms with Crippen molar-refractivity contribution in [3.63, 3.8) is 0 Å². The van der Waals surface area contributed by atoms with E-state index in [0.29, 0.717) is 14.8 Å². The normalized spacial score (nSPS) is 16.4. The molecule has 3 nitrogen and oxygen atoms in total. The van der Waals surface area contributed by atoms with Crippen LogP contribution in [0.15, 0.2) is 53.4 Å². The molecule has 1 aliphatic heterocycles. The monoisotopic (exact) mass is 341 g/mol. The molecule has 0 spiro atoms. The van der Waals surface area contributed by atoms with Crippen LogP contribution >= 0.6 is 24.0 Å². The molecular weight excluding hydrogens is 326 g/mol. The summed E-state index contributed by atoms with van der Waals surface area (Å²) in [5, 5.41) is 10.1. The number of amides is 1. The third kappa shape index (κ3) is 3.46. The number of benzene rings is 2. The second kappa shape index (κ2) is 6.56. The highest BCUT2D eigenvalue weighted by Gasteiger charge is 2.28. The first-order valence-corrected chi connectivity index (χ1v) is 8.34. The summed E-state index contributed by atoms with van der Waals surface area (Å²) in [6.45, 7) is 0. The summed E-state index contributed by atoms with van der Waals surface area (Å²) in [6, 6.07) is 15.6. The molecule has 1 fully saturated rings. The first-order chi connectivity index (χ1) is 11.0. The van der Waals surface area contributed by atoms with E-state index in [2.05, 4.69) is 12.1 Å². The Balaban J connectivity index is 1.90. The van der Waals surface area contributed by atoms with Gasteiger partial charge in [-0.2, -0.15) is 0 Å². The van der Waals surface area contributed by atoms with Gasteiger partial charge in [0.2, 0.25) is 0 Å². The summed E-state index contributed by atoms with van der Waals surface area (Å²) >= 11 is 6.38. The van der Waals surface area contributed by atoms with Gasteiger partial charge in [0.1, 0.15) is 10.1 Å². The number of carbonyl (C=O) groups excluding carboxylic acids is 1. The number of hydrogen-bond acceptors (Lipinski definition) is 4. The maximum absolute atomic E-state index is 12.1. The smallest absolute Gasteiger partial charge is 0.265 e. The lowest BCUT2D eigenvalue weighted by atomic mass is 10.0. The molecule has 116 valence electrons. The van der Waals surface area contributed by atoms with Crippen molar-refractivity contribution in [1.82, 2.24) is 4.90 Å². The summed E-state index contributed by atoms with van der Waals surface area (Å²) in [4.78, 5) is 14.0. The van der Waals surface area contributed by atoms with E-state index in [1.54, 1.807) is 19.2 Å². The van der Waals surface area contributed by atoms with E-state index in [0.717, 1.165) is 12.0 Å². The van der Waals surface area contributed by atoms with Gasteiger partial charge in [-0.05, 0) is 35.8 Å². The SMILES string of the molecule is CN1C(=O)/C(=C\c2cc(Cc3ccccc3)ccc2O)SC1=S. The van der Waals surface area contributed by atoms with Gasteiger partial charge in [0.15, 0.2) is 0 Å². The molecular formula is C18H15NO2S2. The van der Waals surface area contributed by atoms with Crippen LogP contribution < -0.4 is 0 Å². The zero-order chi connectivity index (χ0) is 16.4. The van der Waals surface area contributed by atoms with E-state index in [4.69, 9.17) is 12.2 Å². The van der Waals surface area contributed by atoms with Crippen LogP contribution in [0.5, 0.6) is 5.75 Å². The van der Waals surface area contributed by atoms with Crippen LogP contribution in [0.3, 0.4) is 0 Å². The number of thiocarbonyl (C=S) groups is 1. The molecule has 23 heavy (non-hydrogen) atoms. The molecule has 1 saturated heterocycles. The number of phenolic OH excluding ortho intramolecular Hbond substituents is 1. The van der Waals surface area contributed by atoms with Gasteiger partial charge in [-0.3, -0.25) is 9.69 Å². The number of phenols is 1. The van der Waals surface area contributed by atoms with Crippen molar-refractivity contribution < 1.29 is 9.90 Å². The Bertz CT molecular complexity index is 800. The van der Waals surface area contributed by atoms with Gasteiger partial charge in [-0.15, -0.1) is 0 Å². The molecule has 5 heteroatoms. The number of nitrogens with zero attached hydrogens (tertiary/aromatic N) is 1. The molecule has 1 aliphatic rings. The second-order valence-corrected chi connectivity index (χ2v) is 6.97. The Morgan fingerprint density at radius 1 is 1.17 bits per heavy atom. The number of likely N-dealkylation sites (N-methyl/N-ethyl adjacent to an activating group) is 1. The minimum Gasteiger partial charge on any atom is -0.507 e. The Labute approximate surface area is 144 Å². The summed E-state index contributed by atoms with van der Waals surface area (Å²) < 4.78 is 0.529. The van der Waals surface area contributed by atoms with Crippen molar-refractivity contribution in [2.75, 3.05) is 7.05 Å². The predicted octanol–water partition coefficient (Wildman–Crippen LogP) is 3.81. The van der Waals surface area contributed by atoms with E-state index >= 15 is 0 Å². The second-order valence-electron chi connectivity index (χ2n) is 5.30. The van der Waals surface area contributed by atoms with E-state index in [1.165, 1.54) is 22.2 Å². The predicted molar refractivity (Wildman–Crippen MR) is 98.3 cm³/mol. The number of rotatable bonds is 3. The number of carbonyl (C=O) groups is 1. The van der Waals surface area contributed by atoms with Gasteiger partial charge in [0, 0.05) is 12.6 Å². The highest BCUT2D eigenvalue weighted by Crippen LogP contribution is 2.33. The molecule has 1 amide bonds. The van der Waals surface area contributed by atoms with Gasteiger partial charge in [-0.1, -0.05) is 60.4 Å². The number of aromatic hydroxyl groups is 1. The maximum Gasteiger partial charge on any atom is 0.265 e. The zero-order valence-electron chi connectivity index (χ0n) is 12.5. The van der Waals surface area contributed by atoms with Crippen molar-refractivity contribution in [3.8, 4) is 5.75 Å². The molecule has 2 aromatic carbocycles. The fraction of sp³-hybridized carbons (Fsp3) is 0.111. The lowest BCUT2D eigenvalue weighted by Gasteiger charge is -2.06. The fourth-order valence-electron chi connectivity index (χ4n) is 2.35. The maximum atomic E-state index is 12.1. The Kier molecular flexibility index (Phi) is 4.50. The van der Waals surface area contributed by atoms with Crippen LogP contribution in [0.1, 0.15) is 16.7 Å². The van der Waals surface area contributed by atoms with Gasteiger partial charge >= 0.3 is 0 Å². The highest BCUT2D eigenvalue weighted by molar-refractivity contribution is 8.26. The van der Waals surface area contributed by atoms with Crippen molar-refractivity contribution >= 4 is 40.3 Å². The molecule has 0 radical (unpaired) electrons. The van der Waals surface area contributed by atoms with E-state index in [-0.39, 0.29) is 11.7 Å². The van der Waals surface area contributed by atoms with Crippen LogP contribution in [0, 0.1) is 0 Å². The van der Waals surface area contributed by atoms with Crippen LogP contribution in [0.4, 0.5) is 0 Å². The minimum atomic E-state index is -0.132. The first kappa shape index (κ1) is 15.8. The largest absolute Gasteiger partial charge is 0.507 e. The Morgan fingerprint density at radius 3 is 2.57 bits per heavy atom. The molecule has 1 heterocycles. The number of hydrogen-bond donors (Lipinski definition) is 1. The standard InChI is InChI=1S/C18H15NO2S2/c1-19-17(21)16(23-18(19)22)11-14-10-13(7-8-15(14)20)9-12-5-3-2-4-6-12/h2-8,10-11,20H,9H2,1H3/b16-11+. The van der Waals surface area contributed by atoms with Gasteiger partial charge in [-0.25, -0.2) is 0 Å². The molecule has 3 rings (SSSR count). The first-order valence-electron chi connectivity index (χ1n) is 7.12. The van der Waals surface area contributed by atoms with Crippen LogP contribution in [0.2, 0.25) is 0 Å². The summed E-state index contributed by atoms with van der Waals surface area (Å²) in [7, 11) is 1.66. The molecule has 0 bridgehead atoms. The van der Waals surface area contributed by atoms with Gasteiger partial charge < -0.3 is 5.11 Å². The van der Waals surface area contributed by atoms with E-state index < -0.39 is 0 Å². The average Bonchev–Trinajstić information content (AvgIpc) is 2.79. The van der Waals surface area contributed by atoms with Crippen molar-refractivity contribution in [2.24, 2.45) is 0 Å². The highest BCUT2D eigenvalue weighted by atomic mass is 32.2. The fourth-order valence-corrected chi connectivity index (χ4v) is 3.52. The lowest BCUT2D eigenvalue weighted by molar-refractivity contribution is -0.121. The third-order valence-corrected chi connectivity index (χ3v) is 5.10. The third-order valence-electron chi connectivity index (χ3n) is 3.62. The van der Waals surface area contributed by atoms with Crippen LogP contribution in [-0.4, -0.2) is 27.3 Å². The molecule has 0 aliphatic carbocycles. The average molecular weight is 341 g/mol. The molecule has 1 N–H and O–H groups in total. The minimum absolute atomic E-state index is 0.132. The van der Waals surface area contributed by atoms with Gasteiger partial charge in [0.05, 0.1) is 4.91 Å². The van der Waals surface area contributed by atoms with Crippen LogP contribution in [0.25, 0.3) is 6.08 Å². The zero-order valence-corrected chi connectivity index (χ0v) is 14.2.